The summed E-state index contributed by atoms with van der Waals surface area (Å²) in [5.74, 6) is 0.621. The zero-order valence-corrected chi connectivity index (χ0v) is 16.6. The fourth-order valence-corrected chi connectivity index (χ4v) is 4.30. The molecule has 2 aromatic rings. The van der Waals surface area contributed by atoms with Gasteiger partial charge in [0.2, 0.25) is 0 Å². The van der Waals surface area contributed by atoms with Crippen LogP contribution in [0.25, 0.3) is 11.0 Å². The lowest BCUT2D eigenvalue weighted by Gasteiger charge is -2.32. The second-order valence-corrected chi connectivity index (χ2v) is 7.74. The van der Waals surface area contributed by atoms with Crippen molar-refractivity contribution >= 4 is 17.1 Å². The number of hydrogen-bond acceptors (Lipinski definition) is 3. The number of imidazole rings is 1. The molecule has 6 nitrogen and oxygen atoms in total. The van der Waals surface area contributed by atoms with E-state index in [1.54, 1.807) is 4.57 Å². The van der Waals surface area contributed by atoms with Gasteiger partial charge in [0.1, 0.15) is 0 Å². The van der Waals surface area contributed by atoms with Gasteiger partial charge in [-0.2, -0.15) is 0 Å². The minimum atomic E-state index is -0.707. The zero-order valence-electron chi connectivity index (χ0n) is 16.6. The minimum Gasteiger partial charge on any atom is -0.351 e. The molecule has 0 unspecified atom stereocenters. The number of para-hydroxylation sites is 1. The van der Waals surface area contributed by atoms with Gasteiger partial charge in [-0.25, -0.2) is 14.2 Å². The van der Waals surface area contributed by atoms with Gasteiger partial charge in [-0.05, 0) is 69.3 Å². The molecule has 0 radical (unpaired) electrons. The summed E-state index contributed by atoms with van der Waals surface area (Å²) in [5, 5.41) is 0. The van der Waals surface area contributed by atoms with Gasteiger partial charge < -0.3 is 10.6 Å². The Labute approximate surface area is 160 Å². The van der Waals surface area contributed by atoms with Gasteiger partial charge in [-0.15, -0.1) is 0 Å². The number of unbranched alkanes of at least 4 members (excludes halogenated alkanes) is 1. The Morgan fingerprint density at radius 1 is 1.15 bits per heavy atom. The molecule has 1 aromatic heterocycles. The van der Waals surface area contributed by atoms with Crippen LogP contribution >= 0.6 is 0 Å². The van der Waals surface area contributed by atoms with Crippen molar-refractivity contribution in [2.45, 2.75) is 58.9 Å². The minimum absolute atomic E-state index is 0.318. The van der Waals surface area contributed by atoms with E-state index in [1.165, 1.54) is 32.2 Å². The molecule has 1 aliphatic heterocycles. The quantitative estimate of drug-likeness (QED) is 0.811. The lowest BCUT2D eigenvalue weighted by Crippen LogP contribution is -2.35. The molecule has 27 heavy (non-hydrogen) atoms. The molecule has 1 aromatic carbocycles. The van der Waals surface area contributed by atoms with Crippen LogP contribution in [0, 0.1) is 5.92 Å². The molecular formula is C21H32N4O2. The number of rotatable bonds is 7. The number of fused-ring (bicyclic) bond motifs is 1. The first kappa shape index (κ1) is 19.7. The molecule has 0 bridgehead atoms. The standard InChI is InChI=1S/C21H32N4O2/c1-3-5-12-23-13-9-16(10-14-23)15-17-7-6-8-18-19(17)24(11-4-2)21(27)25(18)20(22)26/h6-8,16H,3-5,9-15H2,1-2H3,(H2,22,26). The van der Waals surface area contributed by atoms with Gasteiger partial charge >= 0.3 is 11.7 Å². The van der Waals surface area contributed by atoms with E-state index in [4.69, 9.17) is 5.73 Å². The number of carbonyl (C=O) groups is 1. The van der Waals surface area contributed by atoms with E-state index < -0.39 is 6.03 Å². The first-order valence-corrected chi connectivity index (χ1v) is 10.3. The molecule has 148 valence electrons. The third kappa shape index (κ3) is 4.10. The Balaban J connectivity index is 1.86. The van der Waals surface area contributed by atoms with Crippen molar-refractivity contribution < 1.29 is 4.79 Å². The number of benzene rings is 1. The first-order valence-electron chi connectivity index (χ1n) is 10.3. The molecule has 0 saturated carbocycles. The van der Waals surface area contributed by atoms with Gasteiger partial charge in [0, 0.05) is 6.54 Å². The average Bonchev–Trinajstić information content (AvgIpc) is 2.94. The van der Waals surface area contributed by atoms with E-state index in [1.807, 2.05) is 19.1 Å². The molecule has 6 heteroatoms. The highest BCUT2D eigenvalue weighted by molar-refractivity contribution is 5.90. The summed E-state index contributed by atoms with van der Waals surface area (Å²) in [6.07, 6.45) is 6.68. The summed E-state index contributed by atoms with van der Waals surface area (Å²) >= 11 is 0. The molecule has 1 amide bonds. The van der Waals surface area contributed by atoms with Crippen molar-refractivity contribution in [1.82, 2.24) is 14.0 Å². The van der Waals surface area contributed by atoms with Crippen molar-refractivity contribution in [2.75, 3.05) is 19.6 Å². The molecule has 1 aliphatic rings. The molecule has 2 heterocycles. The van der Waals surface area contributed by atoms with Gasteiger partial charge in [-0.1, -0.05) is 32.4 Å². The second kappa shape index (κ2) is 8.74. The highest BCUT2D eigenvalue weighted by atomic mass is 16.2. The predicted octanol–water partition coefficient (Wildman–Crippen LogP) is 3.19. The Hall–Kier alpha value is -2.08. The Bertz CT molecular complexity index is 844. The normalized spacial score (nSPS) is 16.2. The third-order valence-corrected chi connectivity index (χ3v) is 5.74. The maximum absolute atomic E-state index is 12.7. The maximum Gasteiger partial charge on any atom is 0.337 e. The number of piperidine rings is 1. The fraction of sp³-hybridized carbons (Fsp3) is 0.619. The van der Waals surface area contributed by atoms with E-state index in [9.17, 15) is 9.59 Å². The molecule has 3 rings (SSSR count). The number of aryl methyl sites for hydroxylation is 1. The molecule has 0 atom stereocenters. The topological polar surface area (TPSA) is 73.3 Å². The van der Waals surface area contributed by atoms with Crippen molar-refractivity contribution in [3.8, 4) is 0 Å². The SMILES string of the molecule is CCCCN1CCC(Cc2cccc3c2n(CCC)c(=O)n3C(N)=O)CC1. The number of aromatic nitrogens is 2. The number of amides is 1. The number of likely N-dealkylation sites (tertiary alicyclic amines) is 1. The number of nitrogens with zero attached hydrogens (tertiary/aromatic N) is 3. The van der Waals surface area contributed by atoms with E-state index in [0.717, 1.165) is 41.6 Å². The molecule has 0 aliphatic carbocycles. The largest absolute Gasteiger partial charge is 0.351 e. The third-order valence-electron chi connectivity index (χ3n) is 5.74. The van der Waals surface area contributed by atoms with Crippen LogP contribution < -0.4 is 11.4 Å². The number of primary amides is 1. The van der Waals surface area contributed by atoms with Crippen LogP contribution in [0.4, 0.5) is 4.79 Å². The Morgan fingerprint density at radius 2 is 1.89 bits per heavy atom. The van der Waals surface area contributed by atoms with Crippen LogP contribution in [0.2, 0.25) is 0 Å². The summed E-state index contributed by atoms with van der Waals surface area (Å²) in [6.45, 7) is 8.39. The van der Waals surface area contributed by atoms with E-state index in [-0.39, 0.29) is 5.69 Å². The second-order valence-electron chi connectivity index (χ2n) is 7.74. The summed E-state index contributed by atoms with van der Waals surface area (Å²) in [4.78, 5) is 27.1. The Kier molecular flexibility index (Phi) is 6.37. The van der Waals surface area contributed by atoms with Crippen LogP contribution in [-0.4, -0.2) is 39.7 Å². The Morgan fingerprint density at radius 3 is 2.52 bits per heavy atom. The molecular weight excluding hydrogens is 340 g/mol. The summed E-state index contributed by atoms with van der Waals surface area (Å²) in [5.41, 5.74) is 7.85. The fourth-order valence-electron chi connectivity index (χ4n) is 4.30. The highest BCUT2D eigenvalue weighted by Gasteiger charge is 2.23. The smallest absolute Gasteiger partial charge is 0.337 e. The van der Waals surface area contributed by atoms with Crippen LogP contribution in [-0.2, 0) is 13.0 Å². The van der Waals surface area contributed by atoms with Gasteiger partial charge in [0.25, 0.3) is 0 Å². The van der Waals surface area contributed by atoms with Crippen molar-refractivity contribution in [2.24, 2.45) is 11.7 Å². The summed E-state index contributed by atoms with van der Waals surface area (Å²) in [6, 6.07) is 5.15. The van der Waals surface area contributed by atoms with E-state index >= 15 is 0 Å². The number of nitrogens with two attached hydrogens (primary N) is 1. The van der Waals surface area contributed by atoms with Gasteiger partial charge in [-0.3, -0.25) is 4.57 Å². The monoisotopic (exact) mass is 372 g/mol. The van der Waals surface area contributed by atoms with Gasteiger partial charge in [0.05, 0.1) is 11.0 Å². The maximum atomic E-state index is 12.7. The van der Waals surface area contributed by atoms with Crippen LogP contribution in [0.1, 0.15) is 51.5 Å². The van der Waals surface area contributed by atoms with Crippen LogP contribution in [0.15, 0.2) is 23.0 Å². The van der Waals surface area contributed by atoms with E-state index in [2.05, 4.69) is 17.9 Å². The van der Waals surface area contributed by atoms with Crippen LogP contribution in [0.3, 0.4) is 0 Å². The summed E-state index contributed by atoms with van der Waals surface area (Å²) in [7, 11) is 0. The highest BCUT2D eigenvalue weighted by Crippen LogP contribution is 2.26. The molecule has 0 spiro atoms. The lowest BCUT2D eigenvalue weighted by atomic mass is 9.89. The number of carbonyl (C=O) groups excluding carboxylic acids is 1. The lowest BCUT2D eigenvalue weighted by molar-refractivity contribution is 0.182. The molecule has 2 N–H and O–H groups in total. The number of hydrogen-bond donors (Lipinski definition) is 1. The van der Waals surface area contributed by atoms with Crippen LogP contribution in [0.5, 0.6) is 0 Å². The van der Waals surface area contributed by atoms with Crippen molar-refractivity contribution in [3.05, 3.63) is 34.2 Å². The van der Waals surface area contributed by atoms with Crippen molar-refractivity contribution in [3.63, 3.8) is 0 Å². The predicted molar refractivity (Wildman–Crippen MR) is 109 cm³/mol. The first-order chi connectivity index (χ1) is 13.1. The average molecular weight is 373 g/mol. The van der Waals surface area contributed by atoms with Gasteiger partial charge in [0.15, 0.2) is 0 Å². The summed E-state index contributed by atoms with van der Waals surface area (Å²) < 4.78 is 2.84. The zero-order chi connectivity index (χ0) is 19.4. The van der Waals surface area contributed by atoms with Crippen molar-refractivity contribution in [1.29, 1.82) is 0 Å². The molecule has 1 fully saturated rings. The van der Waals surface area contributed by atoms with E-state index in [0.29, 0.717) is 18.0 Å². The molecule has 1 saturated heterocycles.